The van der Waals surface area contributed by atoms with Crippen molar-refractivity contribution in [3.05, 3.63) is 35.0 Å². The summed E-state index contributed by atoms with van der Waals surface area (Å²) in [6.07, 6.45) is 1.57. The molecule has 2 nitrogen and oxygen atoms in total. The molecule has 1 N–H and O–H groups in total. The molecular formula is C10H8ClNO. The second-order valence-corrected chi connectivity index (χ2v) is 3.36. The van der Waals surface area contributed by atoms with E-state index in [4.69, 9.17) is 11.6 Å². The van der Waals surface area contributed by atoms with Gasteiger partial charge in [-0.1, -0.05) is 11.6 Å². The van der Waals surface area contributed by atoms with E-state index in [0.29, 0.717) is 10.4 Å². The van der Waals surface area contributed by atoms with E-state index in [1.54, 1.807) is 18.3 Å². The summed E-state index contributed by atoms with van der Waals surface area (Å²) >= 11 is 5.92. The summed E-state index contributed by atoms with van der Waals surface area (Å²) in [7, 11) is 0. The van der Waals surface area contributed by atoms with Crippen molar-refractivity contribution in [2.45, 2.75) is 6.92 Å². The summed E-state index contributed by atoms with van der Waals surface area (Å²) in [5.41, 5.74) is 1.73. The zero-order valence-corrected chi connectivity index (χ0v) is 7.84. The Kier molecular flexibility index (Phi) is 1.85. The SMILES string of the molecule is Cc1cc2nccc(O)c2cc1Cl. The molecule has 66 valence electrons. The lowest BCUT2D eigenvalue weighted by Gasteiger charge is -2.02. The highest BCUT2D eigenvalue weighted by atomic mass is 35.5. The molecule has 0 unspecified atom stereocenters. The van der Waals surface area contributed by atoms with Crippen LogP contribution in [-0.4, -0.2) is 10.1 Å². The van der Waals surface area contributed by atoms with Crippen molar-refractivity contribution in [1.82, 2.24) is 4.98 Å². The van der Waals surface area contributed by atoms with Crippen molar-refractivity contribution in [3.8, 4) is 5.75 Å². The Hall–Kier alpha value is -1.28. The molecule has 1 aromatic carbocycles. The highest BCUT2D eigenvalue weighted by molar-refractivity contribution is 6.32. The van der Waals surface area contributed by atoms with Crippen LogP contribution in [0, 0.1) is 6.92 Å². The van der Waals surface area contributed by atoms with Crippen LogP contribution in [0.1, 0.15) is 5.56 Å². The molecule has 0 saturated carbocycles. The highest BCUT2D eigenvalue weighted by Gasteiger charge is 2.03. The smallest absolute Gasteiger partial charge is 0.126 e. The Morgan fingerprint density at radius 2 is 2.15 bits per heavy atom. The minimum Gasteiger partial charge on any atom is -0.507 e. The normalized spacial score (nSPS) is 10.6. The number of halogens is 1. The van der Waals surface area contributed by atoms with Gasteiger partial charge in [-0.05, 0) is 30.7 Å². The van der Waals surface area contributed by atoms with Crippen LogP contribution in [0.4, 0.5) is 0 Å². The highest BCUT2D eigenvalue weighted by Crippen LogP contribution is 2.27. The average Bonchev–Trinajstić information content (AvgIpc) is 2.09. The first-order chi connectivity index (χ1) is 6.18. The quantitative estimate of drug-likeness (QED) is 0.698. The van der Waals surface area contributed by atoms with Crippen molar-refractivity contribution in [2.75, 3.05) is 0 Å². The fourth-order valence-electron chi connectivity index (χ4n) is 1.26. The van der Waals surface area contributed by atoms with Gasteiger partial charge in [-0.25, -0.2) is 0 Å². The number of rotatable bonds is 0. The van der Waals surface area contributed by atoms with Gasteiger partial charge >= 0.3 is 0 Å². The number of aromatic nitrogens is 1. The fraction of sp³-hybridized carbons (Fsp3) is 0.100. The lowest BCUT2D eigenvalue weighted by Crippen LogP contribution is -1.81. The van der Waals surface area contributed by atoms with E-state index in [9.17, 15) is 5.11 Å². The van der Waals surface area contributed by atoms with Gasteiger partial charge in [0.15, 0.2) is 0 Å². The van der Waals surface area contributed by atoms with Crippen molar-refractivity contribution >= 4 is 22.5 Å². The first-order valence-corrected chi connectivity index (χ1v) is 4.30. The van der Waals surface area contributed by atoms with Gasteiger partial charge in [0.05, 0.1) is 5.52 Å². The van der Waals surface area contributed by atoms with Crippen molar-refractivity contribution in [1.29, 1.82) is 0 Å². The minimum absolute atomic E-state index is 0.215. The number of pyridine rings is 1. The Morgan fingerprint density at radius 1 is 1.38 bits per heavy atom. The van der Waals surface area contributed by atoms with E-state index < -0.39 is 0 Å². The number of benzene rings is 1. The largest absolute Gasteiger partial charge is 0.507 e. The lowest BCUT2D eigenvalue weighted by molar-refractivity contribution is 0.481. The van der Waals surface area contributed by atoms with Gasteiger partial charge in [0.25, 0.3) is 0 Å². The molecule has 0 fully saturated rings. The van der Waals surface area contributed by atoms with Crippen LogP contribution in [0.5, 0.6) is 5.75 Å². The monoisotopic (exact) mass is 193 g/mol. The Bertz CT molecular complexity index is 468. The molecule has 0 atom stereocenters. The molecule has 0 bridgehead atoms. The Balaban J connectivity index is 2.89. The zero-order chi connectivity index (χ0) is 9.42. The first kappa shape index (κ1) is 8.32. The zero-order valence-electron chi connectivity index (χ0n) is 7.08. The van der Waals surface area contributed by atoms with Crippen LogP contribution in [0.3, 0.4) is 0 Å². The summed E-state index contributed by atoms with van der Waals surface area (Å²) in [6.45, 7) is 1.91. The van der Waals surface area contributed by atoms with E-state index in [1.807, 2.05) is 13.0 Å². The van der Waals surface area contributed by atoms with Crippen LogP contribution in [0.2, 0.25) is 5.02 Å². The molecule has 13 heavy (non-hydrogen) atoms. The average molecular weight is 194 g/mol. The molecule has 0 amide bonds. The predicted molar refractivity (Wildman–Crippen MR) is 53.2 cm³/mol. The predicted octanol–water partition coefficient (Wildman–Crippen LogP) is 2.90. The fourth-order valence-corrected chi connectivity index (χ4v) is 1.42. The second kappa shape index (κ2) is 2.89. The molecule has 0 aliphatic carbocycles. The number of nitrogens with zero attached hydrogens (tertiary/aromatic N) is 1. The summed E-state index contributed by atoms with van der Waals surface area (Å²) in [5, 5.41) is 10.8. The van der Waals surface area contributed by atoms with E-state index in [-0.39, 0.29) is 5.75 Å². The van der Waals surface area contributed by atoms with Crippen LogP contribution in [-0.2, 0) is 0 Å². The molecule has 0 radical (unpaired) electrons. The summed E-state index contributed by atoms with van der Waals surface area (Å²) < 4.78 is 0. The molecule has 2 rings (SSSR count). The number of hydrogen-bond acceptors (Lipinski definition) is 2. The van der Waals surface area contributed by atoms with Gasteiger partial charge < -0.3 is 5.11 Å². The third kappa shape index (κ3) is 1.33. The van der Waals surface area contributed by atoms with Crippen LogP contribution in [0.25, 0.3) is 10.9 Å². The van der Waals surface area contributed by atoms with Gasteiger partial charge in [-0.2, -0.15) is 0 Å². The standard InChI is InChI=1S/C10H8ClNO/c1-6-4-9-7(5-8(6)11)10(13)2-3-12-9/h2-5H,1H3,(H,12,13). The number of fused-ring (bicyclic) bond motifs is 1. The van der Waals surface area contributed by atoms with Crippen molar-refractivity contribution < 1.29 is 5.11 Å². The topological polar surface area (TPSA) is 33.1 Å². The Morgan fingerprint density at radius 3 is 2.92 bits per heavy atom. The summed E-state index contributed by atoms with van der Waals surface area (Å²) in [6, 6.07) is 5.14. The van der Waals surface area contributed by atoms with Crippen molar-refractivity contribution in [2.24, 2.45) is 0 Å². The molecular weight excluding hydrogens is 186 g/mol. The first-order valence-electron chi connectivity index (χ1n) is 3.92. The third-order valence-electron chi connectivity index (χ3n) is 2.00. The maximum atomic E-state index is 9.49. The van der Waals surface area contributed by atoms with Gasteiger partial charge in [0, 0.05) is 16.6 Å². The van der Waals surface area contributed by atoms with Gasteiger partial charge in [0.1, 0.15) is 5.75 Å². The van der Waals surface area contributed by atoms with E-state index in [1.165, 1.54) is 0 Å². The van der Waals surface area contributed by atoms with Gasteiger partial charge in [0.2, 0.25) is 0 Å². The van der Waals surface area contributed by atoms with Crippen LogP contribution in [0.15, 0.2) is 24.4 Å². The summed E-state index contributed by atoms with van der Waals surface area (Å²) in [4.78, 5) is 4.13. The lowest BCUT2D eigenvalue weighted by atomic mass is 10.1. The molecule has 1 aromatic heterocycles. The maximum Gasteiger partial charge on any atom is 0.126 e. The van der Waals surface area contributed by atoms with E-state index in [2.05, 4.69) is 4.98 Å². The Labute approximate surface area is 80.8 Å². The molecule has 0 spiro atoms. The van der Waals surface area contributed by atoms with Gasteiger partial charge in [-0.3, -0.25) is 4.98 Å². The second-order valence-electron chi connectivity index (χ2n) is 2.95. The third-order valence-corrected chi connectivity index (χ3v) is 2.41. The maximum absolute atomic E-state index is 9.49. The number of aryl methyl sites for hydroxylation is 1. The molecule has 3 heteroatoms. The van der Waals surface area contributed by atoms with Gasteiger partial charge in [-0.15, -0.1) is 0 Å². The number of hydrogen-bond donors (Lipinski definition) is 1. The number of aromatic hydroxyl groups is 1. The molecule has 0 aliphatic rings. The molecule has 1 heterocycles. The molecule has 0 saturated heterocycles. The minimum atomic E-state index is 0.215. The summed E-state index contributed by atoms with van der Waals surface area (Å²) in [5.74, 6) is 0.215. The van der Waals surface area contributed by atoms with Crippen LogP contribution >= 0.6 is 11.6 Å². The van der Waals surface area contributed by atoms with E-state index >= 15 is 0 Å². The van der Waals surface area contributed by atoms with Crippen LogP contribution < -0.4 is 0 Å². The molecule has 0 aliphatic heterocycles. The van der Waals surface area contributed by atoms with Crippen molar-refractivity contribution in [3.63, 3.8) is 0 Å². The van der Waals surface area contributed by atoms with E-state index in [0.717, 1.165) is 11.1 Å². The molecule has 2 aromatic rings.